The molecule has 1 unspecified atom stereocenters. The van der Waals surface area contributed by atoms with E-state index in [1.807, 2.05) is 0 Å². The van der Waals surface area contributed by atoms with Gasteiger partial charge in [-0.2, -0.15) is 5.10 Å². The molecular formula is C12H18N4O2. The largest absolute Gasteiger partial charge is 0.481 e. The molecule has 0 radical (unpaired) electrons. The fourth-order valence-corrected chi connectivity index (χ4v) is 2.86. The smallest absolute Gasteiger partial charge is 0.314 e. The molecule has 6 heteroatoms. The zero-order valence-corrected chi connectivity index (χ0v) is 10.3. The Morgan fingerprint density at radius 2 is 2.11 bits per heavy atom. The minimum Gasteiger partial charge on any atom is -0.481 e. The lowest BCUT2D eigenvalue weighted by molar-refractivity contribution is -0.139. The van der Waals surface area contributed by atoms with E-state index in [9.17, 15) is 9.90 Å². The molecule has 0 aliphatic carbocycles. The molecule has 0 spiro atoms. The Hall–Kier alpha value is -1.43. The molecule has 18 heavy (non-hydrogen) atoms. The van der Waals surface area contributed by atoms with Crippen LogP contribution in [0.25, 0.3) is 0 Å². The van der Waals surface area contributed by atoms with Crippen molar-refractivity contribution in [3.8, 4) is 0 Å². The molecular weight excluding hydrogens is 232 g/mol. The van der Waals surface area contributed by atoms with Gasteiger partial charge in [-0.25, -0.2) is 9.67 Å². The zero-order valence-electron chi connectivity index (χ0n) is 10.3. The second kappa shape index (κ2) is 4.68. The molecule has 3 heterocycles. The van der Waals surface area contributed by atoms with Gasteiger partial charge in [0.15, 0.2) is 5.82 Å². The number of nitrogens with zero attached hydrogens (tertiary/aromatic N) is 3. The Morgan fingerprint density at radius 3 is 2.83 bits per heavy atom. The van der Waals surface area contributed by atoms with Crippen LogP contribution in [0.3, 0.4) is 0 Å². The van der Waals surface area contributed by atoms with Crippen molar-refractivity contribution in [2.75, 3.05) is 13.1 Å². The van der Waals surface area contributed by atoms with Crippen molar-refractivity contribution in [1.29, 1.82) is 0 Å². The van der Waals surface area contributed by atoms with E-state index < -0.39 is 11.9 Å². The summed E-state index contributed by atoms with van der Waals surface area (Å²) < 4.78 is 1.81. The fourth-order valence-electron chi connectivity index (χ4n) is 2.86. The first-order valence-corrected chi connectivity index (χ1v) is 6.64. The molecule has 1 aromatic heterocycles. The Bertz CT molecular complexity index is 451. The first-order valence-electron chi connectivity index (χ1n) is 6.64. The van der Waals surface area contributed by atoms with E-state index in [1.54, 1.807) is 4.68 Å². The summed E-state index contributed by atoms with van der Waals surface area (Å²) in [5, 5.41) is 17.1. The molecule has 3 rings (SSSR count). The van der Waals surface area contributed by atoms with Crippen molar-refractivity contribution in [2.24, 2.45) is 0 Å². The maximum atomic E-state index is 11.2. The number of carboxylic acid groups (broad SMARTS) is 1. The molecule has 6 nitrogen and oxygen atoms in total. The lowest BCUT2D eigenvalue weighted by Crippen LogP contribution is -2.27. The number of aryl methyl sites for hydroxylation is 1. The SMILES string of the molecule is O=C(O)C1CCCn2nc(C3CCNCC3)nc21. The van der Waals surface area contributed by atoms with Gasteiger partial charge in [0.1, 0.15) is 11.7 Å². The van der Waals surface area contributed by atoms with Crippen LogP contribution in [0.5, 0.6) is 0 Å². The number of hydrogen-bond acceptors (Lipinski definition) is 4. The fraction of sp³-hybridized carbons (Fsp3) is 0.750. The highest BCUT2D eigenvalue weighted by atomic mass is 16.4. The van der Waals surface area contributed by atoms with Crippen LogP contribution in [-0.2, 0) is 11.3 Å². The van der Waals surface area contributed by atoms with E-state index in [4.69, 9.17) is 0 Å². The Morgan fingerprint density at radius 1 is 1.33 bits per heavy atom. The van der Waals surface area contributed by atoms with Gasteiger partial charge in [0.25, 0.3) is 0 Å². The third-order valence-electron chi connectivity index (χ3n) is 3.89. The molecule has 2 N–H and O–H groups in total. The minimum atomic E-state index is -0.778. The standard InChI is InChI=1S/C12H18N4O2/c17-12(18)9-2-1-7-16-11(9)14-10(15-16)8-3-5-13-6-4-8/h8-9,13H,1-7H2,(H,17,18). The summed E-state index contributed by atoms with van der Waals surface area (Å²) in [6, 6.07) is 0. The highest BCUT2D eigenvalue weighted by Crippen LogP contribution is 2.29. The minimum absolute atomic E-state index is 0.388. The maximum absolute atomic E-state index is 11.2. The monoisotopic (exact) mass is 250 g/mol. The third kappa shape index (κ3) is 2.01. The average molecular weight is 250 g/mol. The van der Waals surface area contributed by atoms with Crippen LogP contribution >= 0.6 is 0 Å². The van der Waals surface area contributed by atoms with Gasteiger partial charge in [-0.05, 0) is 38.8 Å². The first-order chi connectivity index (χ1) is 8.75. The highest BCUT2D eigenvalue weighted by Gasteiger charge is 2.31. The van der Waals surface area contributed by atoms with E-state index in [-0.39, 0.29) is 0 Å². The summed E-state index contributed by atoms with van der Waals surface area (Å²) in [5.41, 5.74) is 0. The topological polar surface area (TPSA) is 80.0 Å². The predicted octanol–water partition coefficient (Wildman–Crippen LogP) is 0.707. The van der Waals surface area contributed by atoms with Gasteiger partial charge in [-0.15, -0.1) is 0 Å². The van der Waals surface area contributed by atoms with Crippen LogP contribution in [0.4, 0.5) is 0 Å². The van der Waals surface area contributed by atoms with Crippen LogP contribution in [0.1, 0.15) is 49.2 Å². The van der Waals surface area contributed by atoms with E-state index in [0.717, 1.165) is 44.7 Å². The summed E-state index contributed by atoms with van der Waals surface area (Å²) in [5.74, 6) is 0.641. The van der Waals surface area contributed by atoms with Crippen LogP contribution < -0.4 is 5.32 Å². The second-order valence-corrected chi connectivity index (χ2v) is 5.11. The van der Waals surface area contributed by atoms with E-state index in [1.165, 1.54) is 0 Å². The molecule has 1 atom stereocenters. The number of hydrogen-bond donors (Lipinski definition) is 2. The summed E-state index contributed by atoms with van der Waals surface area (Å²) >= 11 is 0. The van der Waals surface area contributed by atoms with Crippen LogP contribution in [0.15, 0.2) is 0 Å². The van der Waals surface area contributed by atoms with Crippen molar-refractivity contribution < 1.29 is 9.90 Å². The van der Waals surface area contributed by atoms with Gasteiger partial charge in [0.2, 0.25) is 0 Å². The summed E-state index contributed by atoms with van der Waals surface area (Å²) in [6.45, 7) is 2.80. The molecule has 1 fully saturated rings. The molecule has 1 aromatic rings. The van der Waals surface area contributed by atoms with Crippen molar-refractivity contribution in [2.45, 2.75) is 44.1 Å². The maximum Gasteiger partial charge on any atom is 0.314 e. The third-order valence-corrected chi connectivity index (χ3v) is 3.89. The van der Waals surface area contributed by atoms with Gasteiger partial charge < -0.3 is 10.4 Å². The number of rotatable bonds is 2. The van der Waals surface area contributed by atoms with E-state index >= 15 is 0 Å². The second-order valence-electron chi connectivity index (χ2n) is 5.11. The van der Waals surface area contributed by atoms with Crippen LogP contribution in [0.2, 0.25) is 0 Å². The molecule has 0 aromatic carbocycles. The Kier molecular flexibility index (Phi) is 3.03. The van der Waals surface area contributed by atoms with Crippen molar-refractivity contribution >= 4 is 5.97 Å². The molecule has 2 aliphatic rings. The summed E-state index contributed by atoms with van der Waals surface area (Å²) in [7, 11) is 0. The number of fused-ring (bicyclic) bond motifs is 1. The number of aliphatic carboxylic acids is 1. The molecule has 2 aliphatic heterocycles. The normalized spacial score (nSPS) is 24.8. The van der Waals surface area contributed by atoms with E-state index in [2.05, 4.69) is 15.4 Å². The van der Waals surface area contributed by atoms with Gasteiger partial charge in [-0.3, -0.25) is 4.79 Å². The van der Waals surface area contributed by atoms with Crippen molar-refractivity contribution in [3.63, 3.8) is 0 Å². The van der Waals surface area contributed by atoms with Crippen LogP contribution in [-0.4, -0.2) is 38.9 Å². The van der Waals surface area contributed by atoms with Crippen LogP contribution in [0, 0.1) is 0 Å². The number of aromatic nitrogens is 3. The van der Waals surface area contributed by atoms with Crippen molar-refractivity contribution in [3.05, 3.63) is 11.6 Å². The lowest BCUT2D eigenvalue weighted by atomic mass is 9.97. The zero-order chi connectivity index (χ0) is 12.5. The van der Waals surface area contributed by atoms with E-state index in [0.29, 0.717) is 18.2 Å². The number of piperidine rings is 1. The predicted molar refractivity (Wildman–Crippen MR) is 64.5 cm³/mol. The van der Waals surface area contributed by atoms with Gasteiger partial charge >= 0.3 is 5.97 Å². The first kappa shape index (κ1) is 11.6. The van der Waals surface area contributed by atoms with Gasteiger partial charge in [0.05, 0.1) is 0 Å². The molecule has 0 saturated carbocycles. The van der Waals surface area contributed by atoms with Gasteiger partial charge in [0, 0.05) is 12.5 Å². The number of nitrogens with one attached hydrogen (secondary N) is 1. The molecule has 0 amide bonds. The molecule has 0 bridgehead atoms. The summed E-state index contributed by atoms with van der Waals surface area (Å²) in [6.07, 6.45) is 3.64. The lowest BCUT2D eigenvalue weighted by Gasteiger charge is -2.19. The average Bonchev–Trinajstić information content (AvgIpc) is 2.83. The molecule has 1 saturated heterocycles. The molecule has 98 valence electrons. The Labute approximate surface area is 105 Å². The Balaban J connectivity index is 1.88. The van der Waals surface area contributed by atoms with Gasteiger partial charge in [-0.1, -0.05) is 0 Å². The number of carbonyl (C=O) groups is 1. The summed E-state index contributed by atoms with van der Waals surface area (Å²) in [4.78, 5) is 15.7. The number of carboxylic acids is 1. The quantitative estimate of drug-likeness (QED) is 0.808. The highest BCUT2D eigenvalue weighted by molar-refractivity contribution is 5.75. The van der Waals surface area contributed by atoms with Crippen molar-refractivity contribution in [1.82, 2.24) is 20.1 Å².